The van der Waals surface area contributed by atoms with E-state index >= 15 is 0 Å². The van der Waals surface area contributed by atoms with E-state index in [1.165, 1.54) is 6.08 Å². The average Bonchev–Trinajstić information content (AvgIpc) is 1.94. The zero-order valence-electron chi connectivity index (χ0n) is 5.87. The molecule has 60 valence electrons. The zero-order valence-corrected chi connectivity index (χ0v) is 5.87. The molecular weight excluding hydrogens is 146 g/mol. The number of rotatable bonds is 1. The molecule has 0 saturated heterocycles. The van der Waals surface area contributed by atoms with E-state index in [9.17, 15) is 4.79 Å². The van der Waals surface area contributed by atoms with Crippen LogP contribution < -0.4 is 5.73 Å². The molecule has 0 saturated carbocycles. The van der Waals surface area contributed by atoms with Crippen LogP contribution in [0.5, 0.6) is 0 Å². The number of hydrogen-bond acceptors (Lipinski definition) is 3. The third-order valence-electron chi connectivity index (χ3n) is 1.57. The highest BCUT2D eigenvalue weighted by molar-refractivity contribution is 5.87. The lowest BCUT2D eigenvalue weighted by atomic mass is 10.0. The summed E-state index contributed by atoms with van der Waals surface area (Å²) < 4.78 is 0. The molecule has 1 aliphatic rings. The normalized spacial score (nSPS) is 18.0. The van der Waals surface area contributed by atoms with Crippen molar-refractivity contribution < 1.29 is 15.0 Å². The summed E-state index contributed by atoms with van der Waals surface area (Å²) in [5.41, 5.74) is 5.71. The molecule has 4 N–H and O–H groups in total. The highest BCUT2D eigenvalue weighted by Crippen LogP contribution is 2.18. The molecule has 0 fully saturated rings. The summed E-state index contributed by atoms with van der Waals surface area (Å²) in [6.07, 6.45) is 1.97. The second-order valence-corrected chi connectivity index (χ2v) is 2.38. The van der Waals surface area contributed by atoms with Gasteiger partial charge in [0, 0.05) is 12.0 Å². The number of carbonyl (C=O) groups is 1. The Hall–Kier alpha value is -1.45. The molecule has 0 heterocycles. The molecule has 0 atom stereocenters. The van der Waals surface area contributed by atoms with E-state index in [0.29, 0.717) is 12.8 Å². The molecule has 0 radical (unpaired) electrons. The van der Waals surface area contributed by atoms with Crippen LogP contribution in [0.25, 0.3) is 0 Å². The number of carboxylic acids is 1. The van der Waals surface area contributed by atoms with E-state index in [2.05, 4.69) is 0 Å². The second kappa shape index (κ2) is 2.65. The Balaban J connectivity index is 2.89. The van der Waals surface area contributed by atoms with Crippen LogP contribution in [0, 0.1) is 0 Å². The Labute approximate surface area is 63.6 Å². The van der Waals surface area contributed by atoms with Gasteiger partial charge in [0.25, 0.3) is 0 Å². The fourth-order valence-corrected chi connectivity index (χ4v) is 0.909. The predicted molar refractivity (Wildman–Crippen MR) is 38.8 cm³/mol. The van der Waals surface area contributed by atoms with Gasteiger partial charge in [-0.25, -0.2) is 4.79 Å². The highest BCUT2D eigenvalue weighted by Gasteiger charge is 2.14. The van der Waals surface area contributed by atoms with Crippen LogP contribution in [0.1, 0.15) is 12.8 Å². The van der Waals surface area contributed by atoms with Crippen molar-refractivity contribution in [1.29, 1.82) is 0 Å². The molecule has 0 amide bonds. The minimum Gasteiger partial charge on any atom is -0.510 e. The van der Waals surface area contributed by atoms with Crippen molar-refractivity contribution in [2.75, 3.05) is 0 Å². The molecule has 1 rings (SSSR count). The lowest BCUT2D eigenvalue weighted by Gasteiger charge is -2.10. The van der Waals surface area contributed by atoms with Crippen molar-refractivity contribution in [1.82, 2.24) is 0 Å². The van der Waals surface area contributed by atoms with E-state index in [-0.39, 0.29) is 17.0 Å². The van der Waals surface area contributed by atoms with E-state index < -0.39 is 5.97 Å². The SMILES string of the molecule is NC1=C(O)CCC(C(=O)O)=C1. The first-order valence-corrected chi connectivity index (χ1v) is 3.22. The molecule has 4 heteroatoms. The van der Waals surface area contributed by atoms with Crippen molar-refractivity contribution in [3.8, 4) is 0 Å². The number of carboxylic acid groups (broad SMARTS) is 1. The van der Waals surface area contributed by atoms with Gasteiger partial charge in [0.2, 0.25) is 0 Å². The average molecular weight is 155 g/mol. The van der Waals surface area contributed by atoms with Crippen molar-refractivity contribution in [2.24, 2.45) is 5.73 Å². The monoisotopic (exact) mass is 155 g/mol. The number of aliphatic carboxylic acids is 1. The summed E-state index contributed by atoms with van der Waals surface area (Å²) in [5, 5.41) is 17.5. The first-order chi connectivity index (χ1) is 5.11. The van der Waals surface area contributed by atoms with Gasteiger partial charge in [0.15, 0.2) is 0 Å². The molecule has 0 aromatic rings. The van der Waals surface area contributed by atoms with Gasteiger partial charge >= 0.3 is 5.97 Å². The summed E-state index contributed by atoms with van der Waals surface area (Å²) >= 11 is 0. The number of aliphatic hydroxyl groups excluding tert-OH is 1. The zero-order chi connectivity index (χ0) is 8.43. The topological polar surface area (TPSA) is 83.5 Å². The maximum absolute atomic E-state index is 10.4. The number of hydrogen-bond donors (Lipinski definition) is 3. The third-order valence-corrected chi connectivity index (χ3v) is 1.57. The van der Waals surface area contributed by atoms with Gasteiger partial charge in [-0.2, -0.15) is 0 Å². The van der Waals surface area contributed by atoms with Gasteiger partial charge in [0.1, 0.15) is 5.76 Å². The van der Waals surface area contributed by atoms with Crippen LogP contribution in [0.3, 0.4) is 0 Å². The van der Waals surface area contributed by atoms with Crippen LogP contribution in [-0.4, -0.2) is 16.2 Å². The number of allylic oxidation sites excluding steroid dienone is 2. The fraction of sp³-hybridized carbons (Fsp3) is 0.286. The van der Waals surface area contributed by atoms with Crippen molar-refractivity contribution in [2.45, 2.75) is 12.8 Å². The first-order valence-electron chi connectivity index (χ1n) is 3.22. The Kier molecular flexibility index (Phi) is 1.85. The smallest absolute Gasteiger partial charge is 0.331 e. The Morgan fingerprint density at radius 3 is 2.64 bits per heavy atom. The van der Waals surface area contributed by atoms with Crippen LogP contribution in [0.2, 0.25) is 0 Å². The van der Waals surface area contributed by atoms with Gasteiger partial charge in [0.05, 0.1) is 5.70 Å². The molecule has 1 aliphatic carbocycles. The van der Waals surface area contributed by atoms with Crippen LogP contribution in [0.4, 0.5) is 0 Å². The molecular formula is C7H9NO3. The van der Waals surface area contributed by atoms with Crippen LogP contribution >= 0.6 is 0 Å². The van der Waals surface area contributed by atoms with Gasteiger partial charge in [-0.1, -0.05) is 0 Å². The Morgan fingerprint density at radius 1 is 1.55 bits per heavy atom. The first kappa shape index (κ1) is 7.65. The highest BCUT2D eigenvalue weighted by atomic mass is 16.4. The molecule has 0 spiro atoms. The summed E-state index contributed by atoms with van der Waals surface area (Å²) in [7, 11) is 0. The van der Waals surface area contributed by atoms with E-state index in [0.717, 1.165) is 0 Å². The minimum absolute atomic E-state index is 0.0787. The van der Waals surface area contributed by atoms with Crippen molar-refractivity contribution in [3.63, 3.8) is 0 Å². The lowest BCUT2D eigenvalue weighted by molar-refractivity contribution is -0.132. The summed E-state index contributed by atoms with van der Waals surface area (Å²) in [4.78, 5) is 10.4. The fourth-order valence-electron chi connectivity index (χ4n) is 0.909. The molecule has 0 unspecified atom stereocenters. The standard InChI is InChI=1S/C7H9NO3/c8-5-3-4(7(10)11)1-2-6(5)9/h3,9H,1-2,8H2,(H,10,11). The van der Waals surface area contributed by atoms with E-state index in [1.807, 2.05) is 0 Å². The Bertz CT molecular complexity index is 252. The molecule has 11 heavy (non-hydrogen) atoms. The molecule has 0 bridgehead atoms. The quantitative estimate of drug-likeness (QED) is 0.515. The van der Waals surface area contributed by atoms with Crippen LogP contribution in [0.15, 0.2) is 23.1 Å². The number of nitrogens with two attached hydrogens (primary N) is 1. The van der Waals surface area contributed by atoms with E-state index in [1.54, 1.807) is 0 Å². The van der Waals surface area contributed by atoms with E-state index in [4.69, 9.17) is 15.9 Å². The van der Waals surface area contributed by atoms with Crippen LogP contribution in [-0.2, 0) is 4.79 Å². The molecule has 0 aromatic carbocycles. The maximum atomic E-state index is 10.4. The van der Waals surface area contributed by atoms with Gasteiger partial charge in [-0.3, -0.25) is 0 Å². The largest absolute Gasteiger partial charge is 0.510 e. The molecule has 0 aromatic heterocycles. The summed E-state index contributed by atoms with van der Waals surface area (Å²) in [5.74, 6) is -0.893. The predicted octanol–water partition coefficient (Wildman–Crippen LogP) is 0.519. The second-order valence-electron chi connectivity index (χ2n) is 2.38. The summed E-state index contributed by atoms with van der Waals surface area (Å²) in [6.45, 7) is 0. The lowest BCUT2D eigenvalue weighted by Crippen LogP contribution is -2.11. The number of aliphatic hydroxyl groups is 1. The van der Waals surface area contributed by atoms with Gasteiger partial charge < -0.3 is 15.9 Å². The summed E-state index contributed by atoms with van der Waals surface area (Å²) in [6, 6.07) is 0. The van der Waals surface area contributed by atoms with Gasteiger partial charge in [-0.15, -0.1) is 0 Å². The minimum atomic E-state index is -0.972. The van der Waals surface area contributed by atoms with Crippen molar-refractivity contribution in [3.05, 3.63) is 23.1 Å². The van der Waals surface area contributed by atoms with Crippen molar-refractivity contribution >= 4 is 5.97 Å². The molecule has 0 aliphatic heterocycles. The van der Waals surface area contributed by atoms with Gasteiger partial charge in [-0.05, 0) is 12.5 Å². The Morgan fingerprint density at radius 2 is 2.18 bits per heavy atom. The molecule has 4 nitrogen and oxygen atoms in total. The third kappa shape index (κ3) is 1.52. The maximum Gasteiger partial charge on any atom is 0.331 e.